The molecule has 5 heteroatoms. The van der Waals surface area contributed by atoms with Crippen molar-refractivity contribution in [2.45, 2.75) is 65.1 Å². The van der Waals surface area contributed by atoms with Crippen LogP contribution < -0.4 is 4.90 Å². The second kappa shape index (κ2) is 12.0. The van der Waals surface area contributed by atoms with Crippen LogP contribution in [0, 0.1) is 18.1 Å². The van der Waals surface area contributed by atoms with Crippen LogP contribution >= 0.6 is 0 Å². The average Bonchev–Trinajstić information content (AvgIpc) is 3.68. The van der Waals surface area contributed by atoms with Gasteiger partial charge in [-0.05, 0) is 63.3 Å². The molecule has 1 unspecified atom stereocenters. The second-order valence-electron chi connectivity index (χ2n) is 11.7. The number of fused-ring (bicyclic) bond motifs is 3. The van der Waals surface area contributed by atoms with E-state index in [0.29, 0.717) is 12.1 Å². The molecule has 0 amide bonds. The molecule has 3 aliphatic rings. The van der Waals surface area contributed by atoms with Crippen molar-refractivity contribution in [1.29, 1.82) is 0 Å². The van der Waals surface area contributed by atoms with Gasteiger partial charge in [0.25, 0.3) is 0 Å². The number of hydrogen-bond donors (Lipinski definition) is 0. The minimum atomic E-state index is 0. The van der Waals surface area contributed by atoms with Crippen molar-refractivity contribution in [1.82, 2.24) is 14.5 Å². The molecule has 2 aliphatic heterocycles. The number of nitrogens with zero attached hydrogens (tertiary/aromatic N) is 4. The number of imidazole rings is 1. The first-order valence-electron chi connectivity index (χ1n) is 15.0. The summed E-state index contributed by atoms with van der Waals surface area (Å²) in [7, 11) is 0. The maximum absolute atomic E-state index is 4.91. The van der Waals surface area contributed by atoms with Gasteiger partial charge in [0, 0.05) is 61.9 Å². The predicted octanol–water partition coefficient (Wildman–Crippen LogP) is 8.93. The fourth-order valence-electron chi connectivity index (χ4n) is 7.14. The molecule has 1 aliphatic carbocycles. The summed E-state index contributed by atoms with van der Waals surface area (Å²) in [5.74, 6) is 1.78. The Labute approximate surface area is 262 Å². The number of rotatable bonds is 3. The summed E-state index contributed by atoms with van der Waals surface area (Å²) < 4.78 is 2.36. The first kappa shape index (κ1) is 28.6. The van der Waals surface area contributed by atoms with E-state index in [4.69, 9.17) is 4.98 Å². The smallest absolute Gasteiger partial charge is 0.0777 e. The Bertz CT molecular complexity index is 1730. The fraction of sp³-hybridized carbons (Fsp3) is 0.297. The molecule has 8 rings (SSSR count). The molecular formula is C37H36IrN4-2. The Morgan fingerprint density at radius 3 is 2.52 bits per heavy atom. The number of aromatic nitrogens is 3. The molecule has 2 aromatic heterocycles. The Morgan fingerprint density at radius 2 is 1.74 bits per heavy atom. The predicted molar refractivity (Wildman–Crippen MR) is 168 cm³/mol. The summed E-state index contributed by atoms with van der Waals surface area (Å²) in [5, 5.41) is 0. The molecule has 0 bridgehead atoms. The van der Waals surface area contributed by atoms with E-state index in [9.17, 15) is 0 Å². The molecule has 3 aromatic carbocycles. The number of anilines is 1. The molecule has 4 heterocycles. The minimum absolute atomic E-state index is 0. The van der Waals surface area contributed by atoms with Crippen molar-refractivity contribution in [2.75, 3.05) is 4.90 Å². The molecule has 5 aromatic rings. The zero-order valence-electron chi connectivity index (χ0n) is 24.5. The topological polar surface area (TPSA) is 34.0 Å². The molecule has 0 spiro atoms. The van der Waals surface area contributed by atoms with Crippen LogP contribution in [0.2, 0.25) is 0 Å². The molecule has 4 nitrogen and oxygen atoms in total. The Kier molecular flexibility index (Phi) is 8.16. The molecule has 0 saturated heterocycles. The van der Waals surface area contributed by atoms with Crippen LogP contribution in [-0.4, -0.2) is 20.6 Å². The second-order valence-corrected chi connectivity index (χ2v) is 11.7. The molecular weight excluding hydrogens is 693 g/mol. The average molecular weight is 729 g/mol. The Hall–Kier alpha value is -3.53. The zero-order valence-corrected chi connectivity index (χ0v) is 26.9. The van der Waals surface area contributed by atoms with Crippen molar-refractivity contribution in [3.05, 3.63) is 108 Å². The van der Waals surface area contributed by atoms with Crippen LogP contribution in [0.4, 0.5) is 5.69 Å². The summed E-state index contributed by atoms with van der Waals surface area (Å²) in [6.07, 6.45) is 9.73. The summed E-state index contributed by atoms with van der Waals surface area (Å²) in [5.41, 5.74) is 11.2. The number of para-hydroxylation sites is 1. The van der Waals surface area contributed by atoms with Gasteiger partial charge in [-0.25, -0.2) is 0 Å². The molecule has 215 valence electrons. The number of hydrogen-bond acceptors (Lipinski definition) is 3. The van der Waals surface area contributed by atoms with Gasteiger partial charge in [0.2, 0.25) is 0 Å². The van der Waals surface area contributed by atoms with Gasteiger partial charge in [0.15, 0.2) is 0 Å². The van der Waals surface area contributed by atoms with Crippen LogP contribution in [-0.2, 0) is 26.7 Å². The minimum Gasteiger partial charge on any atom is -0.376 e. The third-order valence-corrected chi connectivity index (χ3v) is 8.93. The fourth-order valence-corrected chi connectivity index (χ4v) is 7.14. The maximum Gasteiger partial charge on any atom is 0.0777 e. The molecule has 0 N–H and O–H groups in total. The van der Waals surface area contributed by atoms with E-state index >= 15 is 0 Å². The van der Waals surface area contributed by atoms with Crippen molar-refractivity contribution >= 4 is 22.3 Å². The van der Waals surface area contributed by atoms with Crippen molar-refractivity contribution in [2.24, 2.45) is 5.92 Å². The van der Waals surface area contributed by atoms with E-state index in [1.54, 1.807) is 5.57 Å². The van der Waals surface area contributed by atoms with E-state index in [-0.39, 0.29) is 20.1 Å². The number of allylic oxidation sites excluding steroid dienone is 2. The van der Waals surface area contributed by atoms with Crippen LogP contribution in [0.25, 0.3) is 39.3 Å². The van der Waals surface area contributed by atoms with Crippen LogP contribution in [0.5, 0.6) is 0 Å². The van der Waals surface area contributed by atoms with Gasteiger partial charge < -0.3 is 14.5 Å². The summed E-state index contributed by atoms with van der Waals surface area (Å²) in [4.78, 5) is 11.9. The Balaban J connectivity index is 0.000000151. The first-order chi connectivity index (χ1) is 20.1. The van der Waals surface area contributed by atoms with Crippen LogP contribution in [0.15, 0.2) is 85.1 Å². The monoisotopic (exact) mass is 729 g/mol. The quantitative estimate of drug-likeness (QED) is 0.174. The first-order valence-corrected chi connectivity index (χ1v) is 15.0. The summed E-state index contributed by atoms with van der Waals surface area (Å²) >= 11 is 0. The van der Waals surface area contributed by atoms with E-state index in [2.05, 4.69) is 102 Å². The van der Waals surface area contributed by atoms with Gasteiger partial charge in [-0.2, -0.15) is 0 Å². The van der Waals surface area contributed by atoms with Gasteiger partial charge in [0.1, 0.15) is 0 Å². The van der Waals surface area contributed by atoms with Gasteiger partial charge in [-0.15, -0.1) is 71.3 Å². The Morgan fingerprint density at radius 1 is 0.905 bits per heavy atom. The van der Waals surface area contributed by atoms with Gasteiger partial charge >= 0.3 is 0 Å². The van der Waals surface area contributed by atoms with E-state index in [1.807, 2.05) is 30.5 Å². The van der Waals surface area contributed by atoms with E-state index in [0.717, 1.165) is 40.6 Å². The summed E-state index contributed by atoms with van der Waals surface area (Å²) in [6, 6.07) is 32.6. The van der Waals surface area contributed by atoms with Crippen LogP contribution in [0.3, 0.4) is 0 Å². The van der Waals surface area contributed by atoms with Gasteiger partial charge in [0.05, 0.1) is 16.9 Å². The third-order valence-electron chi connectivity index (χ3n) is 8.93. The SMILES string of the molecule is CC(C)N1c2cccnc2-c2[c-]cccc2C1C.[Ir].[c-]1ccccc1-c1nc2cccc3c2n1CC=C3C1CCCC1. The zero-order chi connectivity index (χ0) is 27.9. The van der Waals surface area contributed by atoms with Crippen molar-refractivity contribution < 1.29 is 20.1 Å². The van der Waals surface area contributed by atoms with Crippen molar-refractivity contribution in [3.8, 4) is 22.6 Å². The van der Waals surface area contributed by atoms with Gasteiger partial charge in [-0.1, -0.05) is 31.1 Å². The number of benzene rings is 3. The standard InChI is InChI=1S/C21H19N2.C16H17N2.Ir/c1-2-9-16(10-3-1)21-22-19-12-6-11-18-17(15-7-4-5-8-15)13-14-23(21)20(18)19;1-11(2)18-12(3)13-7-4-5-8-14(13)16-15(18)9-6-10-17-16;/h1-3,6,9,11-13,15H,4-5,7-8,14H2;4-7,9-12H,1-3H3;/q2*-1;. The van der Waals surface area contributed by atoms with E-state index < -0.39 is 0 Å². The maximum atomic E-state index is 4.91. The molecule has 1 saturated carbocycles. The molecule has 1 atom stereocenters. The normalized spacial score (nSPS) is 17.2. The van der Waals surface area contributed by atoms with Crippen LogP contribution in [0.1, 0.15) is 63.6 Å². The third kappa shape index (κ3) is 4.93. The summed E-state index contributed by atoms with van der Waals surface area (Å²) in [6.45, 7) is 7.63. The van der Waals surface area contributed by atoms with E-state index in [1.165, 1.54) is 48.0 Å². The largest absolute Gasteiger partial charge is 0.376 e. The molecule has 1 radical (unpaired) electrons. The number of pyridine rings is 1. The van der Waals surface area contributed by atoms with Crippen molar-refractivity contribution in [3.63, 3.8) is 0 Å². The molecule has 1 fully saturated rings. The molecule has 42 heavy (non-hydrogen) atoms. The van der Waals surface area contributed by atoms with Gasteiger partial charge in [-0.3, -0.25) is 4.98 Å².